The molecule has 1 aromatic heterocycles. The molecule has 2 aromatic rings. The van der Waals surface area contributed by atoms with Crippen LogP contribution >= 0.6 is 27.3 Å². The molecule has 0 saturated carbocycles. The van der Waals surface area contributed by atoms with Crippen molar-refractivity contribution in [2.45, 2.75) is 0 Å². The average Bonchev–Trinajstić information content (AvgIpc) is 2.62. The number of carbonyl (C=O) groups excluding carboxylic acids is 1. The van der Waals surface area contributed by atoms with E-state index in [1.165, 1.54) is 6.08 Å². The molecular weight excluding hydrogens is 260 g/mol. The van der Waals surface area contributed by atoms with Crippen molar-refractivity contribution in [3.8, 4) is 0 Å². The van der Waals surface area contributed by atoms with Crippen LogP contribution in [0.4, 0.5) is 0 Å². The van der Waals surface area contributed by atoms with Gasteiger partial charge in [-0.15, -0.1) is 11.3 Å². The van der Waals surface area contributed by atoms with Crippen molar-refractivity contribution in [1.82, 2.24) is 0 Å². The first-order chi connectivity index (χ1) is 6.74. The van der Waals surface area contributed by atoms with Crippen LogP contribution in [0.5, 0.6) is 0 Å². The van der Waals surface area contributed by atoms with Crippen molar-refractivity contribution < 1.29 is 4.79 Å². The lowest BCUT2D eigenvalue weighted by atomic mass is 10.1. The van der Waals surface area contributed by atoms with Crippen molar-refractivity contribution in [2.24, 2.45) is 0 Å². The first kappa shape index (κ1) is 9.62. The number of carbonyl (C=O) groups is 1. The van der Waals surface area contributed by atoms with Crippen LogP contribution < -0.4 is 0 Å². The molecule has 0 bridgehead atoms. The lowest BCUT2D eigenvalue weighted by Gasteiger charge is -1.94. The Labute approximate surface area is 94.2 Å². The summed E-state index contributed by atoms with van der Waals surface area (Å²) in [5, 5.41) is 2.87. The number of hydrogen-bond donors (Lipinski definition) is 0. The van der Waals surface area contributed by atoms with Crippen molar-refractivity contribution in [2.75, 3.05) is 0 Å². The van der Waals surface area contributed by atoms with Gasteiger partial charge in [0.15, 0.2) is 5.78 Å². The maximum Gasteiger partial charge on any atom is 0.186 e. The largest absolute Gasteiger partial charge is 0.289 e. The molecular formula is C11H7BrOS. The predicted octanol–water partition coefficient (Wildman–Crippen LogP) is 4.03. The van der Waals surface area contributed by atoms with E-state index in [-0.39, 0.29) is 5.78 Å². The second-order valence-corrected chi connectivity index (χ2v) is 4.57. The molecule has 0 aliphatic rings. The van der Waals surface area contributed by atoms with Crippen LogP contribution in [-0.4, -0.2) is 5.78 Å². The third-order valence-corrected chi connectivity index (χ3v) is 3.96. The third-order valence-electron chi connectivity index (χ3n) is 2.00. The Bertz CT molecular complexity index is 513. The molecule has 1 heterocycles. The van der Waals surface area contributed by atoms with Crippen LogP contribution in [0, 0.1) is 0 Å². The van der Waals surface area contributed by atoms with Gasteiger partial charge in [0.25, 0.3) is 0 Å². The molecule has 0 fully saturated rings. The quantitative estimate of drug-likeness (QED) is 0.593. The van der Waals surface area contributed by atoms with Gasteiger partial charge in [-0.25, -0.2) is 0 Å². The lowest BCUT2D eigenvalue weighted by molar-refractivity contribution is 0.104. The molecule has 3 heteroatoms. The van der Waals surface area contributed by atoms with E-state index >= 15 is 0 Å². The van der Waals surface area contributed by atoms with Crippen LogP contribution in [0.15, 0.2) is 40.7 Å². The maximum absolute atomic E-state index is 11.5. The molecule has 0 N–H and O–H groups in total. The predicted molar refractivity (Wildman–Crippen MR) is 64.1 cm³/mol. The molecule has 1 nitrogen and oxygen atoms in total. The fourth-order valence-electron chi connectivity index (χ4n) is 1.32. The van der Waals surface area contributed by atoms with E-state index < -0.39 is 0 Å². The fraction of sp³-hybridized carbons (Fsp3) is 0. The van der Waals surface area contributed by atoms with Crippen LogP contribution in [0.2, 0.25) is 0 Å². The Kier molecular flexibility index (Phi) is 2.52. The number of benzene rings is 1. The summed E-state index contributed by atoms with van der Waals surface area (Å²) in [6, 6.07) is 5.85. The summed E-state index contributed by atoms with van der Waals surface area (Å²) in [5.41, 5.74) is 0.737. The van der Waals surface area contributed by atoms with Gasteiger partial charge in [0, 0.05) is 25.5 Å². The maximum atomic E-state index is 11.5. The van der Waals surface area contributed by atoms with Gasteiger partial charge in [-0.1, -0.05) is 18.7 Å². The van der Waals surface area contributed by atoms with E-state index in [4.69, 9.17) is 0 Å². The SMILES string of the molecule is C=CC(=O)c1csc2c(Br)cccc12. The normalized spacial score (nSPS) is 10.4. The van der Waals surface area contributed by atoms with Gasteiger partial charge in [0.2, 0.25) is 0 Å². The van der Waals surface area contributed by atoms with Gasteiger partial charge in [-0.05, 0) is 28.1 Å². The summed E-state index contributed by atoms with van der Waals surface area (Å²) in [7, 11) is 0. The third kappa shape index (κ3) is 1.42. The number of hydrogen-bond acceptors (Lipinski definition) is 2. The average molecular weight is 267 g/mol. The van der Waals surface area contributed by atoms with Crippen molar-refractivity contribution in [3.63, 3.8) is 0 Å². The monoisotopic (exact) mass is 266 g/mol. The minimum Gasteiger partial charge on any atom is -0.289 e. The highest BCUT2D eigenvalue weighted by Gasteiger charge is 2.10. The van der Waals surface area contributed by atoms with E-state index in [0.29, 0.717) is 0 Å². The molecule has 0 spiro atoms. The zero-order valence-corrected chi connectivity index (χ0v) is 9.69. The zero-order chi connectivity index (χ0) is 10.1. The molecule has 0 aliphatic carbocycles. The summed E-state index contributed by atoms with van der Waals surface area (Å²) in [5.74, 6) is -0.0191. The summed E-state index contributed by atoms with van der Waals surface area (Å²) in [4.78, 5) is 11.5. The minimum atomic E-state index is -0.0191. The molecule has 2 rings (SSSR count). The lowest BCUT2D eigenvalue weighted by Crippen LogP contribution is -1.90. The molecule has 0 saturated heterocycles. The van der Waals surface area contributed by atoms with E-state index in [0.717, 1.165) is 20.1 Å². The Morgan fingerprint density at radius 2 is 2.29 bits per heavy atom. The molecule has 0 atom stereocenters. The van der Waals surface area contributed by atoms with E-state index in [1.807, 2.05) is 23.6 Å². The molecule has 14 heavy (non-hydrogen) atoms. The fourth-order valence-corrected chi connectivity index (χ4v) is 2.93. The van der Waals surface area contributed by atoms with Gasteiger partial charge in [0.05, 0.1) is 0 Å². The number of allylic oxidation sites excluding steroid dienone is 1. The molecule has 0 unspecified atom stereocenters. The Balaban J connectivity index is 2.75. The van der Waals surface area contributed by atoms with Crippen molar-refractivity contribution in [3.05, 3.63) is 46.3 Å². The standard InChI is InChI=1S/C11H7BrOS/c1-2-10(13)8-6-14-11-7(8)4-3-5-9(11)12/h2-6H,1H2. The van der Waals surface area contributed by atoms with Crippen LogP contribution in [0.1, 0.15) is 10.4 Å². The van der Waals surface area contributed by atoms with Crippen molar-refractivity contribution in [1.29, 1.82) is 0 Å². The Hall–Kier alpha value is -0.930. The van der Waals surface area contributed by atoms with Gasteiger partial charge in [0.1, 0.15) is 0 Å². The molecule has 70 valence electrons. The van der Waals surface area contributed by atoms with Crippen LogP contribution in [0.3, 0.4) is 0 Å². The highest BCUT2D eigenvalue weighted by atomic mass is 79.9. The Morgan fingerprint density at radius 1 is 1.50 bits per heavy atom. The number of rotatable bonds is 2. The second-order valence-electron chi connectivity index (χ2n) is 2.83. The minimum absolute atomic E-state index is 0.0191. The number of fused-ring (bicyclic) bond motifs is 1. The second kappa shape index (κ2) is 3.67. The van der Waals surface area contributed by atoms with Gasteiger partial charge in [-0.2, -0.15) is 0 Å². The summed E-state index contributed by atoms with van der Waals surface area (Å²) in [6.45, 7) is 3.49. The molecule has 1 aromatic carbocycles. The molecule has 0 aliphatic heterocycles. The van der Waals surface area contributed by atoms with E-state index in [9.17, 15) is 4.79 Å². The van der Waals surface area contributed by atoms with Gasteiger partial charge in [-0.3, -0.25) is 4.79 Å². The van der Waals surface area contributed by atoms with Crippen LogP contribution in [0.25, 0.3) is 10.1 Å². The Morgan fingerprint density at radius 3 is 3.00 bits per heavy atom. The van der Waals surface area contributed by atoms with Gasteiger partial charge < -0.3 is 0 Å². The first-order valence-electron chi connectivity index (χ1n) is 4.06. The van der Waals surface area contributed by atoms with E-state index in [2.05, 4.69) is 22.5 Å². The number of halogens is 1. The number of ketones is 1. The van der Waals surface area contributed by atoms with Crippen LogP contribution in [-0.2, 0) is 0 Å². The molecule has 0 amide bonds. The summed E-state index contributed by atoms with van der Waals surface area (Å²) < 4.78 is 2.14. The number of thiophene rings is 1. The van der Waals surface area contributed by atoms with Crippen molar-refractivity contribution >= 4 is 43.1 Å². The summed E-state index contributed by atoms with van der Waals surface area (Å²) >= 11 is 5.02. The highest BCUT2D eigenvalue weighted by molar-refractivity contribution is 9.10. The topological polar surface area (TPSA) is 17.1 Å². The smallest absolute Gasteiger partial charge is 0.186 e. The highest BCUT2D eigenvalue weighted by Crippen LogP contribution is 2.32. The zero-order valence-electron chi connectivity index (χ0n) is 7.29. The van der Waals surface area contributed by atoms with E-state index in [1.54, 1.807) is 11.3 Å². The first-order valence-corrected chi connectivity index (χ1v) is 5.74. The summed E-state index contributed by atoms with van der Waals surface area (Å²) in [6.07, 6.45) is 1.35. The molecule has 0 radical (unpaired) electrons. The van der Waals surface area contributed by atoms with Gasteiger partial charge >= 0.3 is 0 Å².